The highest BCUT2D eigenvalue weighted by molar-refractivity contribution is 7.13. The largest absolute Gasteiger partial charge is 0.419 e. The minimum atomic E-state index is -4.61. The highest BCUT2D eigenvalue weighted by Crippen LogP contribution is 2.46. The van der Waals surface area contributed by atoms with Gasteiger partial charge in [-0.2, -0.15) is 18.4 Å². The highest BCUT2D eigenvalue weighted by Gasteiger charge is 2.57. The van der Waals surface area contributed by atoms with Gasteiger partial charge in [0.2, 0.25) is 0 Å². The van der Waals surface area contributed by atoms with Crippen LogP contribution in [0.4, 0.5) is 18.9 Å². The first kappa shape index (κ1) is 15.5. The lowest BCUT2D eigenvalue weighted by atomic mass is 9.75. The highest BCUT2D eigenvalue weighted by atomic mass is 31.0. The van der Waals surface area contributed by atoms with Gasteiger partial charge in [-0.05, 0) is 25.3 Å². The van der Waals surface area contributed by atoms with Gasteiger partial charge in [-0.25, -0.2) is 4.98 Å². The standard InChI is InChI=1S/C13H14F3N4OP/c14-13(15,16)8-4-7(6-18-9(8)5-17)19-11-10(21-11)12(20-22)2-1-3-12/h4,6,10-11,19-20H,1-3,22H2. The maximum absolute atomic E-state index is 12.9. The fraction of sp³-hybridized carbons (Fsp3) is 0.538. The van der Waals surface area contributed by atoms with E-state index >= 15 is 0 Å². The van der Waals surface area contributed by atoms with Crippen molar-refractivity contribution >= 4 is 15.1 Å². The fourth-order valence-corrected chi connectivity index (χ4v) is 3.18. The zero-order valence-electron chi connectivity index (χ0n) is 11.4. The summed E-state index contributed by atoms with van der Waals surface area (Å²) in [5.41, 5.74) is -1.60. The van der Waals surface area contributed by atoms with Crippen LogP contribution in [0.3, 0.4) is 0 Å². The molecule has 0 amide bonds. The third kappa shape index (κ3) is 2.65. The van der Waals surface area contributed by atoms with Crippen LogP contribution in [-0.4, -0.2) is 22.9 Å². The Hall–Kier alpha value is -1.42. The lowest BCUT2D eigenvalue weighted by molar-refractivity contribution is -0.138. The van der Waals surface area contributed by atoms with Gasteiger partial charge in [0, 0.05) is 0 Å². The smallest absolute Gasteiger partial charge is 0.357 e. The van der Waals surface area contributed by atoms with Crippen molar-refractivity contribution in [3.8, 4) is 6.07 Å². The molecule has 1 aliphatic carbocycles. The maximum Gasteiger partial charge on any atom is 0.419 e. The number of nitrogens with zero attached hydrogens (tertiary/aromatic N) is 2. The summed E-state index contributed by atoms with van der Waals surface area (Å²) >= 11 is 0. The van der Waals surface area contributed by atoms with Crippen LogP contribution in [-0.2, 0) is 10.9 Å². The summed E-state index contributed by atoms with van der Waals surface area (Å²) in [4.78, 5) is 3.57. The van der Waals surface area contributed by atoms with Gasteiger partial charge in [0.1, 0.15) is 12.2 Å². The molecule has 118 valence electrons. The van der Waals surface area contributed by atoms with Gasteiger partial charge < -0.3 is 10.1 Å². The summed E-state index contributed by atoms with van der Waals surface area (Å²) in [7, 11) is 2.47. The van der Waals surface area contributed by atoms with E-state index < -0.39 is 17.4 Å². The Kier molecular flexibility index (Phi) is 3.76. The Balaban J connectivity index is 1.74. The van der Waals surface area contributed by atoms with Crippen molar-refractivity contribution in [1.82, 2.24) is 10.1 Å². The Morgan fingerprint density at radius 2 is 2.18 bits per heavy atom. The summed E-state index contributed by atoms with van der Waals surface area (Å²) in [6, 6.07) is 2.35. The van der Waals surface area contributed by atoms with Crippen LogP contribution in [0.5, 0.6) is 0 Å². The molecule has 2 aliphatic rings. The Bertz CT molecular complexity index is 621. The minimum Gasteiger partial charge on any atom is -0.357 e. The zero-order valence-corrected chi connectivity index (χ0v) is 12.6. The molecule has 3 unspecified atom stereocenters. The van der Waals surface area contributed by atoms with Crippen molar-refractivity contribution in [3.63, 3.8) is 0 Å². The fourth-order valence-electron chi connectivity index (χ4n) is 2.72. The summed E-state index contributed by atoms with van der Waals surface area (Å²) in [5, 5.41) is 14.8. The molecule has 0 radical (unpaired) electrons. The number of halogens is 3. The molecule has 1 aromatic rings. The number of nitrogens with one attached hydrogen (secondary N) is 2. The van der Waals surface area contributed by atoms with Gasteiger partial charge in [-0.15, -0.1) is 0 Å². The predicted octanol–water partition coefficient (Wildman–Crippen LogP) is 2.41. The molecule has 9 heteroatoms. The maximum atomic E-state index is 12.9. The van der Waals surface area contributed by atoms with Crippen LogP contribution >= 0.6 is 9.39 Å². The Labute approximate surface area is 127 Å². The van der Waals surface area contributed by atoms with Crippen molar-refractivity contribution < 1.29 is 17.9 Å². The van der Waals surface area contributed by atoms with Gasteiger partial charge >= 0.3 is 6.18 Å². The van der Waals surface area contributed by atoms with Gasteiger partial charge in [-0.1, -0.05) is 9.39 Å². The molecule has 5 nitrogen and oxygen atoms in total. The molecule has 2 N–H and O–H groups in total. The average molecular weight is 330 g/mol. The molecule has 2 fully saturated rings. The molecule has 0 bridgehead atoms. The summed E-state index contributed by atoms with van der Waals surface area (Å²) in [5.74, 6) is 0. The van der Waals surface area contributed by atoms with Crippen LogP contribution in [0.15, 0.2) is 12.3 Å². The third-order valence-corrected chi connectivity index (χ3v) is 4.75. The average Bonchev–Trinajstić information content (AvgIpc) is 3.17. The monoisotopic (exact) mass is 330 g/mol. The van der Waals surface area contributed by atoms with Gasteiger partial charge in [0.25, 0.3) is 0 Å². The van der Waals surface area contributed by atoms with E-state index in [-0.39, 0.29) is 23.6 Å². The van der Waals surface area contributed by atoms with Crippen molar-refractivity contribution in [1.29, 1.82) is 5.26 Å². The van der Waals surface area contributed by atoms with E-state index in [4.69, 9.17) is 10.00 Å². The van der Waals surface area contributed by atoms with Crippen LogP contribution < -0.4 is 10.4 Å². The second-order valence-electron chi connectivity index (χ2n) is 5.51. The number of hydrogen-bond acceptors (Lipinski definition) is 5. The summed E-state index contributed by atoms with van der Waals surface area (Å²) < 4.78 is 44.2. The van der Waals surface area contributed by atoms with E-state index in [0.29, 0.717) is 0 Å². The molecule has 1 aromatic heterocycles. The SMILES string of the molecule is N#Cc1ncc(NC2OC2C2(NP)CCC2)cc1C(F)(F)F. The number of rotatable bonds is 4. The molecule has 0 aromatic carbocycles. The van der Waals surface area contributed by atoms with E-state index in [1.807, 2.05) is 0 Å². The van der Waals surface area contributed by atoms with Gasteiger partial charge in [-0.3, -0.25) is 5.09 Å². The molecular weight excluding hydrogens is 316 g/mol. The lowest BCUT2D eigenvalue weighted by Crippen LogP contribution is -2.52. The number of epoxide rings is 1. The Morgan fingerprint density at radius 1 is 1.45 bits per heavy atom. The number of nitriles is 1. The second kappa shape index (κ2) is 5.34. The molecule has 1 saturated heterocycles. The first-order valence-electron chi connectivity index (χ1n) is 6.77. The van der Waals surface area contributed by atoms with E-state index in [2.05, 4.69) is 24.8 Å². The van der Waals surface area contributed by atoms with E-state index in [1.54, 1.807) is 0 Å². The predicted molar refractivity (Wildman–Crippen MR) is 75.7 cm³/mol. The number of anilines is 1. The van der Waals surface area contributed by atoms with E-state index in [9.17, 15) is 13.2 Å². The van der Waals surface area contributed by atoms with Crippen LogP contribution in [0, 0.1) is 11.3 Å². The normalized spacial score (nSPS) is 26.0. The van der Waals surface area contributed by atoms with Crippen LogP contribution in [0.1, 0.15) is 30.5 Å². The molecule has 2 heterocycles. The molecule has 22 heavy (non-hydrogen) atoms. The first-order valence-corrected chi connectivity index (χ1v) is 7.34. The van der Waals surface area contributed by atoms with Crippen LogP contribution in [0.25, 0.3) is 0 Å². The third-order valence-electron chi connectivity index (χ3n) is 4.18. The lowest BCUT2D eigenvalue weighted by Gasteiger charge is -2.40. The molecular formula is C13H14F3N4OP. The van der Waals surface area contributed by atoms with Crippen molar-refractivity contribution in [2.45, 2.75) is 43.3 Å². The summed E-state index contributed by atoms with van der Waals surface area (Å²) in [6.45, 7) is 0. The molecule has 1 saturated carbocycles. The number of aromatic nitrogens is 1. The van der Waals surface area contributed by atoms with Crippen molar-refractivity contribution in [3.05, 3.63) is 23.5 Å². The molecule has 0 spiro atoms. The quantitative estimate of drug-likeness (QED) is 0.655. The first-order chi connectivity index (χ1) is 10.4. The van der Waals surface area contributed by atoms with Crippen LogP contribution in [0.2, 0.25) is 0 Å². The second-order valence-corrected chi connectivity index (χ2v) is 5.79. The molecule has 3 atom stereocenters. The zero-order chi connectivity index (χ0) is 16.0. The minimum absolute atomic E-state index is 0.0799. The number of ether oxygens (including phenoxy) is 1. The molecule has 3 rings (SSSR count). The summed E-state index contributed by atoms with van der Waals surface area (Å²) in [6.07, 6.45) is -0.778. The van der Waals surface area contributed by atoms with Gasteiger partial charge in [0.05, 0.1) is 23.0 Å². The van der Waals surface area contributed by atoms with Crippen molar-refractivity contribution in [2.24, 2.45) is 0 Å². The topological polar surface area (TPSA) is 73.3 Å². The van der Waals surface area contributed by atoms with Gasteiger partial charge in [0.15, 0.2) is 11.9 Å². The van der Waals surface area contributed by atoms with E-state index in [0.717, 1.165) is 25.3 Å². The molecule has 1 aliphatic heterocycles. The number of hydrogen-bond donors (Lipinski definition) is 2. The number of alkyl halides is 3. The van der Waals surface area contributed by atoms with E-state index in [1.165, 1.54) is 12.3 Å². The Morgan fingerprint density at radius 3 is 2.68 bits per heavy atom. The number of pyridine rings is 1. The van der Waals surface area contributed by atoms with Crippen molar-refractivity contribution in [2.75, 3.05) is 5.32 Å².